The van der Waals surface area contributed by atoms with Crippen molar-refractivity contribution in [3.8, 4) is 22.3 Å². The van der Waals surface area contributed by atoms with E-state index in [9.17, 15) is 9.59 Å². The molecule has 0 fully saturated rings. The van der Waals surface area contributed by atoms with Gasteiger partial charge in [0.05, 0.1) is 11.1 Å². The summed E-state index contributed by atoms with van der Waals surface area (Å²) in [6.07, 6.45) is 4.65. The summed E-state index contributed by atoms with van der Waals surface area (Å²) in [7, 11) is 0. The molecule has 0 radical (unpaired) electrons. The fraction of sp³-hybridized carbons (Fsp3) is 0.138. The number of imide groups is 1. The van der Waals surface area contributed by atoms with E-state index < -0.39 is 0 Å². The fourth-order valence-electron chi connectivity index (χ4n) is 6.00. The molecule has 164 valence electrons. The van der Waals surface area contributed by atoms with Gasteiger partial charge in [0.15, 0.2) is 0 Å². The molecular weight excluding hydrogens is 422 g/mol. The van der Waals surface area contributed by atoms with E-state index in [0.717, 1.165) is 58.3 Å². The van der Waals surface area contributed by atoms with Crippen LogP contribution in [0.1, 0.15) is 43.0 Å². The van der Waals surface area contributed by atoms with E-state index in [-0.39, 0.29) is 11.8 Å². The highest BCUT2D eigenvalue weighted by Gasteiger charge is 2.44. The standard InChI is InChI=1S/C29H21N3O2/c30-18-10-13-20-17(15-18)9-12-22-25(20)24-19-6-2-1-5-16(19)8-11-21(24)26-27(22)29(34)32(28(26)33)23-7-3-4-14-31-23/h1-7,10,13-15H,8-9,11-12,30H2. The smallest absolute Gasteiger partial charge is 0.267 e. The lowest BCUT2D eigenvalue weighted by atomic mass is 9.72. The largest absolute Gasteiger partial charge is 0.399 e. The number of benzene rings is 3. The number of hydrogen-bond acceptors (Lipinski definition) is 4. The highest BCUT2D eigenvalue weighted by atomic mass is 16.2. The van der Waals surface area contributed by atoms with Crippen LogP contribution in [0, 0.1) is 0 Å². The van der Waals surface area contributed by atoms with Crippen molar-refractivity contribution in [1.29, 1.82) is 0 Å². The second-order valence-electron chi connectivity index (χ2n) is 9.16. The molecule has 3 aromatic carbocycles. The molecule has 4 aromatic rings. The number of aromatic nitrogens is 1. The molecule has 3 aliphatic rings. The number of anilines is 2. The van der Waals surface area contributed by atoms with Gasteiger partial charge < -0.3 is 5.73 Å². The van der Waals surface area contributed by atoms with E-state index in [1.54, 1.807) is 24.4 Å². The van der Waals surface area contributed by atoms with Gasteiger partial charge >= 0.3 is 0 Å². The maximum absolute atomic E-state index is 13.8. The van der Waals surface area contributed by atoms with Crippen LogP contribution in [0.5, 0.6) is 0 Å². The van der Waals surface area contributed by atoms with Gasteiger partial charge in [-0.15, -0.1) is 0 Å². The molecule has 2 heterocycles. The number of carbonyl (C=O) groups excluding carboxylic acids is 2. The molecule has 0 unspecified atom stereocenters. The number of nitrogen functional groups attached to an aromatic ring is 1. The van der Waals surface area contributed by atoms with E-state index in [0.29, 0.717) is 23.4 Å². The SMILES string of the molecule is Nc1ccc2c(c1)CCc1c3c(c4c(c1-2)-c1ccccc1CC4)C(=O)N(c1ccccn1)C3=O. The zero-order valence-electron chi connectivity index (χ0n) is 18.5. The van der Waals surface area contributed by atoms with Gasteiger partial charge in [0, 0.05) is 11.9 Å². The van der Waals surface area contributed by atoms with Gasteiger partial charge in [-0.3, -0.25) is 9.59 Å². The minimum absolute atomic E-state index is 0.264. The molecule has 5 heteroatoms. The molecule has 2 N–H and O–H groups in total. The van der Waals surface area contributed by atoms with Crippen molar-refractivity contribution >= 4 is 23.3 Å². The number of fused-ring (bicyclic) bond motifs is 10. The summed E-state index contributed by atoms with van der Waals surface area (Å²) in [6.45, 7) is 0. The molecule has 0 atom stereocenters. The Labute approximate surface area is 196 Å². The lowest BCUT2D eigenvalue weighted by molar-refractivity contribution is 0.0924. The first-order chi connectivity index (χ1) is 16.6. The summed E-state index contributed by atoms with van der Waals surface area (Å²) in [4.78, 5) is 33.2. The molecule has 2 amide bonds. The molecule has 34 heavy (non-hydrogen) atoms. The predicted molar refractivity (Wildman–Crippen MR) is 132 cm³/mol. The Bertz CT molecular complexity index is 1560. The third-order valence-corrected chi connectivity index (χ3v) is 7.39. The van der Waals surface area contributed by atoms with Crippen LogP contribution in [0.15, 0.2) is 66.9 Å². The number of hydrogen-bond donors (Lipinski definition) is 1. The first-order valence-electron chi connectivity index (χ1n) is 11.6. The third kappa shape index (κ3) is 2.47. The Hall–Kier alpha value is -4.25. The Kier molecular flexibility index (Phi) is 3.89. The molecule has 5 nitrogen and oxygen atoms in total. The first-order valence-corrected chi connectivity index (χ1v) is 11.6. The molecule has 0 spiro atoms. The Morgan fingerprint density at radius 3 is 2.03 bits per heavy atom. The average molecular weight is 444 g/mol. The molecule has 0 saturated heterocycles. The lowest BCUT2D eigenvalue weighted by Gasteiger charge is -2.30. The second kappa shape index (κ2) is 6.87. The van der Waals surface area contributed by atoms with Crippen molar-refractivity contribution < 1.29 is 9.59 Å². The Morgan fingerprint density at radius 1 is 0.676 bits per heavy atom. The summed E-state index contributed by atoms with van der Waals surface area (Å²) < 4.78 is 0. The quantitative estimate of drug-likeness (QED) is 0.332. The summed E-state index contributed by atoms with van der Waals surface area (Å²) in [5.74, 6) is -0.160. The topological polar surface area (TPSA) is 76.3 Å². The number of pyridine rings is 1. The van der Waals surface area contributed by atoms with E-state index in [1.807, 2.05) is 18.2 Å². The fourth-order valence-corrected chi connectivity index (χ4v) is 6.00. The maximum Gasteiger partial charge on any atom is 0.267 e. The zero-order chi connectivity index (χ0) is 23.0. The van der Waals surface area contributed by atoms with Gasteiger partial charge in [-0.05, 0) is 94.5 Å². The van der Waals surface area contributed by atoms with Crippen LogP contribution < -0.4 is 10.6 Å². The summed E-state index contributed by atoms with van der Waals surface area (Å²) in [5, 5.41) is 0. The first kappa shape index (κ1) is 19.2. The number of aryl methyl sites for hydroxylation is 2. The molecule has 2 aliphatic carbocycles. The van der Waals surface area contributed by atoms with Crippen LogP contribution >= 0.6 is 0 Å². The Balaban J connectivity index is 1.59. The normalized spacial score (nSPS) is 15.4. The summed E-state index contributed by atoms with van der Waals surface area (Å²) >= 11 is 0. The highest BCUT2D eigenvalue weighted by molar-refractivity contribution is 6.36. The monoisotopic (exact) mass is 443 g/mol. The van der Waals surface area contributed by atoms with Crippen LogP contribution in [0.3, 0.4) is 0 Å². The number of rotatable bonds is 1. The number of nitrogens with zero attached hydrogens (tertiary/aromatic N) is 2. The minimum Gasteiger partial charge on any atom is -0.399 e. The summed E-state index contributed by atoms with van der Waals surface area (Å²) in [6, 6.07) is 19.8. The molecular formula is C29H21N3O2. The van der Waals surface area contributed by atoms with Crippen LogP contribution in [-0.2, 0) is 25.7 Å². The van der Waals surface area contributed by atoms with Crippen molar-refractivity contribution in [3.05, 3.63) is 100 Å². The zero-order valence-corrected chi connectivity index (χ0v) is 18.5. The lowest BCUT2D eigenvalue weighted by Crippen LogP contribution is -2.30. The van der Waals surface area contributed by atoms with Crippen molar-refractivity contribution in [1.82, 2.24) is 4.98 Å². The van der Waals surface area contributed by atoms with Gasteiger partial charge in [-0.25, -0.2) is 9.88 Å². The predicted octanol–water partition coefficient (Wildman–Crippen LogP) is 5.00. The van der Waals surface area contributed by atoms with Gasteiger partial charge in [-0.1, -0.05) is 36.4 Å². The number of amides is 2. The van der Waals surface area contributed by atoms with Crippen LogP contribution in [-0.4, -0.2) is 16.8 Å². The number of nitrogens with two attached hydrogens (primary N) is 1. The van der Waals surface area contributed by atoms with E-state index in [2.05, 4.69) is 29.2 Å². The van der Waals surface area contributed by atoms with Gasteiger partial charge in [0.25, 0.3) is 11.8 Å². The van der Waals surface area contributed by atoms with E-state index in [4.69, 9.17) is 5.73 Å². The number of carbonyl (C=O) groups is 2. The van der Waals surface area contributed by atoms with Crippen molar-refractivity contribution in [2.45, 2.75) is 25.7 Å². The average Bonchev–Trinajstić information content (AvgIpc) is 3.14. The van der Waals surface area contributed by atoms with E-state index in [1.165, 1.54) is 16.0 Å². The van der Waals surface area contributed by atoms with Crippen molar-refractivity contribution in [2.75, 3.05) is 10.6 Å². The highest BCUT2D eigenvalue weighted by Crippen LogP contribution is 2.51. The maximum atomic E-state index is 13.8. The Morgan fingerprint density at radius 2 is 1.32 bits per heavy atom. The van der Waals surface area contributed by atoms with Crippen molar-refractivity contribution in [3.63, 3.8) is 0 Å². The van der Waals surface area contributed by atoms with Gasteiger partial charge in [0.2, 0.25) is 0 Å². The van der Waals surface area contributed by atoms with Crippen LogP contribution in [0.25, 0.3) is 22.3 Å². The van der Waals surface area contributed by atoms with E-state index >= 15 is 0 Å². The molecule has 1 aliphatic heterocycles. The van der Waals surface area contributed by atoms with Crippen molar-refractivity contribution in [2.24, 2.45) is 0 Å². The second-order valence-corrected chi connectivity index (χ2v) is 9.16. The van der Waals surface area contributed by atoms with Gasteiger partial charge in [0.1, 0.15) is 5.82 Å². The molecule has 0 bridgehead atoms. The van der Waals surface area contributed by atoms with Crippen LogP contribution in [0.2, 0.25) is 0 Å². The molecule has 0 saturated carbocycles. The third-order valence-electron chi connectivity index (χ3n) is 7.39. The van der Waals surface area contributed by atoms with Gasteiger partial charge in [-0.2, -0.15) is 0 Å². The molecule has 7 rings (SSSR count). The summed E-state index contributed by atoms with van der Waals surface area (Å²) in [5.41, 5.74) is 16.9. The van der Waals surface area contributed by atoms with Crippen LogP contribution in [0.4, 0.5) is 11.5 Å². The minimum atomic E-state index is -0.268. The molecule has 1 aromatic heterocycles.